The van der Waals surface area contributed by atoms with Crippen LogP contribution in [-0.2, 0) is 26.2 Å². The molecule has 0 saturated heterocycles. The largest absolute Gasteiger partial charge is 0.497 e. The van der Waals surface area contributed by atoms with Crippen molar-refractivity contribution < 1.29 is 32.2 Å². The van der Waals surface area contributed by atoms with Gasteiger partial charge in [-0.3, -0.25) is 13.9 Å². The quantitative estimate of drug-likeness (QED) is 0.410. The van der Waals surface area contributed by atoms with Crippen molar-refractivity contribution in [2.24, 2.45) is 0 Å². The van der Waals surface area contributed by atoms with Crippen molar-refractivity contribution in [1.82, 2.24) is 10.2 Å². The van der Waals surface area contributed by atoms with Crippen molar-refractivity contribution in [3.63, 3.8) is 0 Å². The second-order valence-corrected chi connectivity index (χ2v) is 12.3. The summed E-state index contributed by atoms with van der Waals surface area (Å²) in [7, 11) is -2.03. The smallest absolute Gasteiger partial charge is 0.242 e. The van der Waals surface area contributed by atoms with E-state index < -0.39 is 16.1 Å². The van der Waals surface area contributed by atoms with Crippen LogP contribution in [0.3, 0.4) is 0 Å². The van der Waals surface area contributed by atoms with Crippen LogP contribution in [0.4, 0.5) is 5.69 Å². The number of nitrogens with zero attached hydrogens (tertiary/aromatic N) is 2. The number of hydrogen-bond donors (Lipinski definition) is 1. The molecule has 1 fully saturated rings. The summed E-state index contributed by atoms with van der Waals surface area (Å²) in [6.45, 7) is 2.18. The van der Waals surface area contributed by atoms with E-state index in [0.717, 1.165) is 37.5 Å². The van der Waals surface area contributed by atoms with Gasteiger partial charge in [0.2, 0.25) is 28.6 Å². The number of carbonyl (C=O) groups is 2. The minimum Gasteiger partial charge on any atom is -0.497 e. The number of methoxy groups -OCH3 is 1. The molecule has 2 aromatic carbocycles. The van der Waals surface area contributed by atoms with Gasteiger partial charge in [0.1, 0.15) is 11.8 Å². The number of carbonyl (C=O) groups excluding carboxylic acids is 2. The molecule has 11 heteroatoms. The lowest BCUT2D eigenvalue weighted by atomic mass is 9.95. The van der Waals surface area contributed by atoms with Gasteiger partial charge in [0.15, 0.2) is 11.5 Å². The highest BCUT2D eigenvalue weighted by atomic mass is 32.2. The van der Waals surface area contributed by atoms with E-state index in [-0.39, 0.29) is 50.6 Å². The van der Waals surface area contributed by atoms with E-state index >= 15 is 0 Å². The number of sulfonamides is 1. The third kappa shape index (κ3) is 7.59. The highest BCUT2D eigenvalue weighted by Gasteiger charge is 2.29. The van der Waals surface area contributed by atoms with Crippen LogP contribution >= 0.6 is 0 Å². The zero-order valence-corrected chi connectivity index (χ0v) is 24.2. The topological polar surface area (TPSA) is 114 Å². The van der Waals surface area contributed by atoms with Crippen LogP contribution in [0.15, 0.2) is 42.5 Å². The summed E-state index contributed by atoms with van der Waals surface area (Å²) >= 11 is 0. The maximum atomic E-state index is 13.5. The molecule has 0 spiro atoms. The first-order chi connectivity index (χ1) is 19.2. The molecule has 218 valence electrons. The Morgan fingerprint density at radius 2 is 1.75 bits per heavy atom. The van der Waals surface area contributed by atoms with E-state index in [0.29, 0.717) is 22.9 Å². The summed E-state index contributed by atoms with van der Waals surface area (Å²) in [5, 5.41) is 3.13. The van der Waals surface area contributed by atoms with Crippen molar-refractivity contribution in [3.8, 4) is 17.2 Å². The maximum Gasteiger partial charge on any atom is 0.242 e. The van der Waals surface area contributed by atoms with Gasteiger partial charge >= 0.3 is 0 Å². The number of ether oxygens (including phenoxy) is 3. The Hall–Kier alpha value is -3.47. The SMILES string of the molecule is COc1ccc(CN(C(=O)CCCN(c2ccc3c(c2)OCO3)S(C)(=O)=O)[C@H](C)C(=O)NC2CCCCC2)cc1. The van der Waals surface area contributed by atoms with Crippen LogP contribution in [0.25, 0.3) is 0 Å². The van der Waals surface area contributed by atoms with Crippen molar-refractivity contribution >= 4 is 27.5 Å². The van der Waals surface area contributed by atoms with Gasteiger partial charge in [0.25, 0.3) is 0 Å². The number of nitrogens with one attached hydrogen (secondary N) is 1. The van der Waals surface area contributed by atoms with Crippen LogP contribution in [0, 0.1) is 0 Å². The van der Waals surface area contributed by atoms with Gasteiger partial charge in [-0.05, 0) is 56.0 Å². The summed E-state index contributed by atoms with van der Waals surface area (Å²) in [6, 6.07) is 11.8. The third-order valence-electron chi connectivity index (χ3n) is 7.43. The van der Waals surface area contributed by atoms with E-state index in [1.54, 1.807) is 37.1 Å². The Morgan fingerprint density at radius 1 is 1.05 bits per heavy atom. The molecule has 2 amide bonds. The first kappa shape index (κ1) is 29.5. The standard InChI is InChI=1S/C29H39N3O7S/c1-21(29(34)30-23-8-5-4-6-9-23)31(19-22-11-14-25(37-2)15-12-22)28(33)10-7-17-32(40(3,35)36)24-13-16-26-27(18-24)39-20-38-26/h11-16,18,21,23H,4-10,17,19-20H2,1-3H3,(H,30,34)/t21-/m1/s1. The van der Waals surface area contributed by atoms with Gasteiger partial charge in [-0.15, -0.1) is 0 Å². The molecule has 1 atom stereocenters. The fourth-order valence-electron chi connectivity index (χ4n) is 5.12. The summed E-state index contributed by atoms with van der Waals surface area (Å²) in [5.41, 5.74) is 1.30. The first-order valence-electron chi connectivity index (χ1n) is 13.8. The molecule has 0 radical (unpaired) electrons. The van der Waals surface area contributed by atoms with Crippen molar-refractivity contribution in [1.29, 1.82) is 0 Å². The van der Waals surface area contributed by atoms with Crippen LogP contribution in [0.1, 0.15) is 57.4 Å². The van der Waals surface area contributed by atoms with E-state index in [1.165, 1.54) is 10.7 Å². The average Bonchev–Trinajstić information content (AvgIpc) is 3.42. The molecule has 40 heavy (non-hydrogen) atoms. The summed E-state index contributed by atoms with van der Waals surface area (Å²) < 4.78 is 42.5. The van der Waals surface area contributed by atoms with Crippen molar-refractivity contribution in [2.75, 3.05) is 31.0 Å². The fraction of sp³-hybridized carbons (Fsp3) is 0.517. The lowest BCUT2D eigenvalue weighted by Crippen LogP contribution is -2.50. The van der Waals surface area contributed by atoms with E-state index in [2.05, 4.69) is 5.32 Å². The molecule has 0 aromatic heterocycles. The minimum atomic E-state index is -3.62. The highest BCUT2D eigenvalue weighted by Crippen LogP contribution is 2.36. The first-order valence-corrected chi connectivity index (χ1v) is 15.6. The zero-order chi connectivity index (χ0) is 28.7. The Kier molecular flexibility index (Phi) is 9.78. The molecule has 0 unspecified atom stereocenters. The van der Waals surface area contributed by atoms with Crippen LogP contribution in [-0.4, -0.2) is 63.9 Å². The van der Waals surface area contributed by atoms with Gasteiger partial charge in [-0.25, -0.2) is 8.42 Å². The zero-order valence-electron chi connectivity index (χ0n) is 23.4. The number of hydrogen-bond acceptors (Lipinski definition) is 7. The number of fused-ring (bicyclic) bond motifs is 1. The molecule has 4 rings (SSSR count). The molecular formula is C29H39N3O7S. The van der Waals surface area contributed by atoms with Gasteiger partial charge in [-0.2, -0.15) is 0 Å². The predicted octanol–water partition coefficient (Wildman–Crippen LogP) is 3.84. The Bertz CT molecular complexity index is 1280. The maximum absolute atomic E-state index is 13.5. The summed E-state index contributed by atoms with van der Waals surface area (Å²) in [6.07, 6.45) is 6.75. The highest BCUT2D eigenvalue weighted by molar-refractivity contribution is 7.92. The lowest BCUT2D eigenvalue weighted by Gasteiger charge is -2.31. The van der Waals surface area contributed by atoms with Gasteiger partial charge in [0.05, 0.1) is 19.1 Å². The fourth-order valence-corrected chi connectivity index (χ4v) is 6.08. The number of anilines is 1. The molecule has 0 bridgehead atoms. The second kappa shape index (κ2) is 13.3. The molecule has 1 N–H and O–H groups in total. The van der Waals surface area contributed by atoms with E-state index in [1.807, 2.05) is 24.3 Å². The Balaban J connectivity index is 1.45. The third-order valence-corrected chi connectivity index (χ3v) is 8.62. The molecular weight excluding hydrogens is 534 g/mol. The molecule has 1 heterocycles. The Morgan fingerprint density at radius 3 is 2.42 bits per heavy atom. The number of rotatable bonds is 12. The average molecular weight is 574 g/mol. The predicted molar refractivity (Wildman–Crippen MR) is 152 cm³/mol. The van der Waals surface area contributed by atoms with Crippen LogP contribution in [0.2, 0.25) is 0 Å². The van der Waals surface area contributed by atoms with Crippen molar-refractivity contribution in [3.05, 3.63) is 48.0 Å². The monoisotopic (exact) mass is 573 g/mol. The van der Waals surface area contributed by atoms with Gasteiger partial charge in [0, 0.05) is 31.6 Å². The van der Waals surface area contributed by atoms with Crippen molar-refractivity contribution in [2.45, 2.75) is 70.5 Å². The van der Waals surface area contributed by atoms with Gasteiger partial charge < -0.3 is 24.4 Å². The molecule has 1 aliphatic carbocycles. The molecule has 1 saturated carbocycles. The van der Waals surface area contributed by atoms with Crippen LogP contribution < -0.4 is 23.8 Å². The second-order valence-electron chi connectivity index (χ2n) is 10.4. The summed E-state index contributed by atoms with van der Waals surface area (Å²) in [5.74, 6) is 1.34. The Labute approximate surface area is 236 Å². The number of amides is 2. The molecule has 10 nitrogen and oxygen atoms in total. The van der Waals surface area contributed by atoms with E-state index in [4.69, 9.17) is 14.2 Å². The molecule has 2 aromatic rings. The van der Waals surface area contributed by atoms with Gasteiger partial charge in [-0.1, -0.05) is 31.4 Å². The number of benzene rings is 2. The molecule has 2 aliphatic rings. The minimum absolute atomic E-state index is 0.0772. The summed E-state index contributed by atoms with van der Waals surface area (Å²) in [4.78, 5) is 28.3. The van der Waals surface area contributed by atoms with Crippen LogP contribution in [0.5, 0.6) is 17.2 Å². The molecule has 1 aliphatic heterocycles. The van der Waals surface area contributed by atoms with E-state index in [9.17, 15) is 18.0 Å². The lowest BCUT2D eigenvalue weighted by molar-refractivity contribution is -0.141. The normalized spacial score (nSPS) is 15.8.